The molecule has 1 aliphatic heterocycles. The Morgan fingerprint density at radius 1 is 1.29 bits per heavy atom. The molecule has 1 saturated heterocycles. The van der Waals surface area contributed by atoms with Crippen LogP contribution in [0.5, 0.6) is 0 Å². The molecule has 0 aromatic carbocycles. The van der Waals surface area contributed by atoms with Gasteiger partial charge in [0.2, 0.25) is 0 Å². The molecule has 96 valence electrons. The van der Waals surface area contributed by atoms with E-state index in [0.717, 1.165) is 24.9 Å². The highest BCUT2D eigenvalue weighted by molar-refractivity contribution is 6.17. The van der Waals surface area contributed by atoms with Crippen LogP contribution in [0.2, 0.25) is 0 Å². The molecule has 1 atom stereocenters. The molecule has 2 heterocycles. The van der Waals surface area contributed by atoms with Crippen LogP contribution >= 0.6 is 11.6 Å². The molecule has 4 heteroatoms. The van der Waals surface area contributed by atoms with Crippen LogP contribution in [0.25, 0.3) is 0 Å². The lowest BCUT2D eigenvalue weighted by Crippen LogP contribution is -2.40. The van der Waals surface area contributed by atoms with Crippen LogP contribution in [0.4, 0.5) is 0 Å². The SMILES string of the molecule is ClCCC1CCCCN1CCCn1ccnc1. The first-order chi connectivity index (χ1) is 8.40. The van der Waals surface area contributed by atoms with E-state index in [9.17, 15) is 0 Å². The van der Waals surface area contributed by atoms with Gasteiger partial charge in [0.05, 0.1) is 6.33 Å². The van der Waals surface area contributed by atoms with Gasteiger partial charge in [-0.1, -0.05) is 6.42 Å². The lowest BCUT2D eigenvalue weighted by atomic mass is 10.00. The number of nitrogens with zero attached hydrogens (tertiary/aromatic N) is 3. The van der Waals surface area contributed by atoms with Crippen molar-refractivity contribution in [1.29, 1.82) is 0 Å². The first-order valence-electron chi connectivity index (χ1n) is 6.66. The molecule has 0 saturated carbocycles. The number of hydrogen-bond acceptors (Lipinski definition) is 2. The maximum absolute atomic E-state index is 5.88. The number of piperidine rings is 1. The van der Waals surface area contributed by atoms with Crippen LogP contribution in [0.3, 0.4) is 0 Å². The van der Waals surface area contributed by atoms with Gasteiger partial charge >= 0.3 is 0 Å². The minimum absolute atomic E-state index is 0.726. The van der Waals surface area contributed by atoms with E-state index in [0.29, 0.717) is 0 Å². The Morgan fingerprint density at radius 3 is 3.00 bits per heavy atom. The summed E-state index contributed by atoms with van der Waals surface area (Å²) < 4.78 is 2.15. The molecule has 0 radical (unpaired) electrons. The molecule has 2 rings (SSSR count). The minimum atomic E-state index is 0.726. The van der Waals surface area contributed by atoms with E-state index in [1.165, 1.54) is 38.8 Å². The Balaban J connectivity index is 1.72. The second-order valence-electron chi connectivity index (χ2n) is 4.82. The Morgan fingerprint density at radius 2 is 2.24 bits per heavy atom. The fourth-order valence-electron chi connectivity index (χ4n) is 2.68. The summed E-state index contributed by atoms with van der Waals surface area (Å²) in [4.78, 5) is 6.69. The highest BCUT2D eigenvalue weighted by Crippen LogP contribution is 2.20. The van der Waals surface area contributed by atoms with E-state index >= 15 is 0 Å². The molecule has 1 aromatic rings. The molecule has 1 unspecified atom stereocenters. The summed E-state index contributed by atoms with van der Waals surface area (Å²) in [5, 5.41) is 0. The van der Waals surface area contributed by atoms with Gasteiger partial charge in [0.25, 0.3) is 0 Å². The summed E-state index contributed by atoms with van der Waals surface area (Å²) in [6, 6.07) is 0.726. The van der Waals surface area contributed by atoms with Gasteiger partial charge in [-0.05, 0) is 32.2 Å². The molecule has 0 N–H and O–H groups in total. The van der Waals surface area contributed by atoms with E-state index in [4.69, 9.17) is 11.6 Å². The van der Waals surface area contributed by atoms with Crippen LogP contribution in [-0.2, 0) is 6.54 Å². The molecule has 0 bridgehead atoms. The van der Waals surface area contributed by atoms with Gasteiger partial charge in [-0.15, -0.1) is 11.6 Å². The Bertz CT molecular complexity index is 298. The van der Waals surface area contributed by atoms with Crippen molar-refractivity contribution >= 4 is 11.6 Å². The number of aromatic nitrogens is 2. The van der Waals surface area contributed by atoms with Crippen molar-refractivity contribution in [3.63, 3.8) is 0 Å². The number of likely N-dealkylation sites (tertiary alicyclic amines) is 1. The summed E-state index contributed by atoms with van der Waals surface area (Å²) in [6.45, 7) is 3.52. The lowest BCUT2D eigenvalue weighted by Gasteiger charge is -2.35. The van der Waals surface area contributed by atoms with E-state index in [1.54, 1.807) is 0 Å². The fourth-order valence-corrected chi connectivity index (χ4v) is 2.93. The van der Waals surface area contributed by atoms with E-state index < -0.39 is 0 Å². The van der Waals surface area contributed by atoms with Crippen molar-refractivity contribution < 1.29 is 0 Å². The third kappa shape index (κ3) is 4.00. The molecular formula is C13H22ClN3. The van der Waals surface area contributed by atoms with Crippen molar-refractivity contribution in [1.82, 2.24) is 14.5 Å². The largest absolute Gasteiger partial charge is 0.337 e. The zero-order chi connectivity index (χ0) is 11.9. The van der Waals surface area contributed by atoms with Gasteiger partial charge < -0.3 is 9.47 Å². The predicted octanol–water partition coefficient (Wildman–Crippen LogP) is 2.76. The Kier molecular flexibility index (Phi) is 5.33. The number of rotatable bonds is 6. The highest BCUT2D eigenvalue weighted by Gasteiger charge is 2.20. The van der Waals surface area contributed by atoms with Gasteiger partial charge in [0.15, 0.2) is 0 Å². The zero-order valence-electron chi connectivity index (χ0n) is 10.4. The molecular weight excluding hydrogens is 234 g/mol. The Hall–Kier alpha value is -0.540. The smallest absolute Gasteiger partial charge is 0.0945 e. The molecule has 17 heavy (non-hydrogen) atoms. The van der Waals surface area contributed by atoms with Crippen LogP contribution < -0.4 is 0 Å². The Labute approximate surface area is 109 Å². The second kappa shape index (κ2) is 7.02. The molecule has 0 aliphatic carbocycles. The molecule has 1 aliphatic rings. The minimum Gasteiger partial charge on any atom is -0.337 e. The van der Waals surface area contributed by atoms with Gasteiger partial charge in [-0.25, -0.2) is 4.98 Å². The summed E-state index contributed by atoms with van der Waals surface area (Å²) in [5.74, 6) is 0.794. The molecule has 1 aromatic heterocycles. The second-order valence-corrected chi connectivity index (χ2v) is 5.20. The normalized spacial score (nSPS) is 21.8. The van der Waals surface area contributed by atoms with E-state index in [-0.39, 0.29) is 0 Å². The third-order valence-electron chi connectivity index (χ3n) is 3.61. The molecule has 0 spiro atoms. The number of alkyl halides is 1. The fraction of sp³-hybridized carbons (Fsp3) is 0.769. The summed E-state index contributed by atoms with van der Waals surface area (Å²) in [7, 11) is 0. The highest BCUT2D eigenvalue weighted by atomic mass is 35.5. The molecule has 0 amide bonds. The van der Waals surface area contributed by atoms with Crippen LogP contribution in [-0.4, -0.2) is 39.5 Å². The lowest BCUT2D eigenvalue weighted by molar-refractivity contribution is 0.141. The number of hydrogen-bond donors (Lipinski definition) is 0. The summed E-state index contributed by atoms with van der Waals surface area (Å²) in [5.41, 5.74) is 0. The van der Waals surface area contributed by atoms with Crippen molar-refractivity contribution in [2.24, 2.45) is 0 Å². The van der Waals surface area contributed by atoms with E-state index in [2.05, 4.69) is 14.5 Å². The first-order valence-corrected chi connectivity index (χ1v) is 7.19. The monoisotopic (exact) mass is 255 g/mol. The van der Waals surface area contributed by atoms with Crippen LogP contribution in [0, 0.1) is 0 Å². The maximum Gasteiger partial charge on any atom is 0.0945 e. The maximum atomic E-state index is 5.88. The van der Waals surface area contributed by atoms with Crippen molar-refractivity contribution in [3.05, 3.63) is 18.7 Å². The number of imidazole rings is 1. The van der Waals surface area contributed by atoms with Crippen molar-refractivity contribution in [2.45, 2.75) is 44.7 Å². The third-order valence-corrected chi connectivity index (χ3v) is 3.83. The summed E-state index contributed by atoms with van der Waals surface area (Å²) >= 11 is 5.88. The summed E-state index contributed by atoms with van der Waals surface area (Å²) in [6.07, 6.45) is 12.2. The van der Waals surface area contributed by atoms with Crippen LogP contribution in [0.1, 0.15) is 32.1 Å². The average Bonchev–Trinajstić information content (AvgIpc) is 2.85. The van der Waals surface area contributed by atoms with Crippen molar-refractivity contribution in [2.75, 3.05) is 19.0 Å². The van der Waals surface area contributed by atoms with Gasteiger partial charge in [-0.2, -0.15) is 0 Å². The zero-order valence-corrected chi connectivity index (χ0v) is 11.1. The number of aryl methyl sites for hydroxylation is 1. The number of halogens is 1. The van der Waals surface area contributed by atoms with Gasteiger partial charge in [-0.3, -0.25) is 0 Å². The predicted molar refractivity (Wildman–Crippen MR) is 71.4 cm³/mol. The molecule has 3 nitrogen and oxygen atoms in total. The topological polar surface area (TPSA) is 21.1 Å². The van der Waals surface area contributed by atoms with Crippen molar-refractivity contribution in [3.8, 4) is 0 Å². The van der Waals surface area contributed by atoms with Crippen LogP contribution in [0.15, 0.2) is 18.7 Å². The van der Waals surface area contributed by atoms with Gasteiger partial charge in [0.1, 0.15) is 0 Å². The molecule has 1 fully saturated rings. The first kappa shape index (κ1) is 12.9. The van der Waals surface area contributed by atoms with Gasteiger partial charge in [0, 0.05) is 37.4 Å². The standard InChI is InChI=1S/C13H22ClN3/c14-6-5-13-4-1-2-9-17(13)10-3-8-16-11-7-15-12-16/h7,11-13H,1-6,8-10H2. The quantitative estimate of drug-likeness (QED) is 0.729. The average molecular weight is 256 g/mol. The van der Waals surface area contributed by atoms with E-state index in [1.807, 2.05) is 18.7 Å².